The van der Waals surface area contributed by atoms with Crippen molar-refractivity contribution in [2.75, 3.05) is 16.0 Å². The average molecular weight is 466 g/mol. The standard InChI is InChI=1S/C19H16ClN3O5S2/c1-11-14(8-9-16(17(11)20)30(25,26)27)23-19(29)22-13-6-4-12(5-7-13)21-18(24)15-3-2-10-28-15/h2-10H,1H3,(H,21,24)(H2,22,23,29)(H,25,26,27). The SMILES string of the molecule is Cc1c(NC(=S)Nc2ccc(NC(=O)c3ccco3)cc2)ccc(S(=O)(=O)O)c1Cl. The summed E-state index contributed by atoms with van der Waals surface area (Å²) >= 11 is 11.3. The molecule has 4 N–H and O–H groups in total. The Bertz CT molecular complexity index is 1190. The van der Waals surface area contributed by atoms with Crippen LogP contribution < -0.4 is 16.0 Å². The van der Waals surface area contributed by atoms with Crippen LogP contribution >= 0.6 is 23.8 Å². The molecule has 3 rings (SSSR count). The number of carbonyl (C=O) groups is 1. The summed E-state index contributed by atoms with van der Waals surface area (Å²) in [5.41, 5.74) is 2.12. The van der Waals surface area contributed by atoms with E-state index in [1.165, 1.54) is 18.4 Å². The molecule has 0 bridgehead atoms. The van der Waals surface area contributed by atoms with E-state index in [9.17, 15) is 17.8 Å². The molecule has 0 fully saturated rings. The highest BCUT2D eigenvalue weighted by atomic mass is 35.5. The number of hydrogen-bond donors (Lipinski definition) is 4. The van der Waals surface area contributed by atoms with Crippen LogP contribution in [0.2, 0.25) is 5.02 Å². The van der Waals surface area contributed by atoms with E-state index in [0.29, 0.717) is 22.6 Å². The van der Waals surface area contributed by atoms with Gasteiger partial charge in [0.1, 0.15) is 4.90 Å². The second-order valence-electron chi connectivity index (χ2n) is 6.11. The molecule has 0 spiro atoms. The average Bonchev–Trinajstić information content (AvgIpc) is 3.21. The minimum absolute atomic E-state index is 0.0954. The topological polar surface area (TPSA) is 121 Å². The Hall–Kier alpha value is -2.92. The largest absolute Gasteiger partial charge is 0.459 e. The van der Waals surface area contributed by atoms with Gasteiger partial charge in [-0.1, -0.05) is 11.6 Å². The van der Waals surface area contributed by atoms with Crippen molar-refractivity contribution >= 4 is 62.0 Å². The minimum atomic E-state index is -4.42. The monoisotopic (exact) mass is 465 g/mol. The molecule has 1 aromatic heterocycles. The molecule has 8 nitrogen and oxygen atoms in total. The molecule has 1 heterocycles. The minimum Gasteiger partial charge on any atom is -0.459 e. The Morgan fingerprint density at radius 3 is 2.23 bits per heavy atom. The molecule has 0 aliphatic rings. The van der Waals surface area contributed by atoms with E-state index >= 15 is 0 Å². The first-order valence-electron chi connectivity index (χ1n) is 8.44. The van der Waals surface area contributed by atoms with Gasteiger partial charge in [-0.15, -0.1) is 0 Å². The van der Waals surface area contributed by atoms with Crippen molar-refractivity contribution in [2.24, 2.45) is 0 Å². The van der Waals surface area contributed by atoms with Gasteiger partial charge in [-0.05, 0) is 73.2 Å². The zero-order valence-electron chi connectivity index (χ0n) is 15.5. The summed E-state index contributed by atoms with van der Waals surface area (Å²) in [5, 5.41) is 8.73. The molecule has 0 unspecified atom stereocenters. The maximum Gasteiger partial charge on any atom is 0.296 e. The molecule has 2 aromatic carbocycles. The Labute approximate surface area is 183 Å². The van der Waals surface area contributed by atoms with Gasteiger partial charge in [0, 0.05) is 17.1 Å². The van der Waals surface area contributed by atoms with Crippen molar-refractivity contribution in [2.45, 2.75) is 11.8 Å². The number of carbonyl (C=O) groups excluding carboxylic acids is 1. The van der Waals surface area contributed by atoms with Gasteiger partial charge in [0.05, 0.1) is 11.3 Å². The number of nitrogens with one attached hydrogen (secondary N) is 3. The van der Waals surface area contributed by atoms with Crippen LogP contribution in [-0.4, -0.2) is 24.0 Å². The van der Waals surface area contributed by atoms with Crippen molar-refractivity contribution < 1.29 is 22.2 Å². The Morgan fingerprint density at radius 2 is 1.67 bits per heavy atom. The van der Waals surface area contributed by atoms with Crippen molar-refractivity contribution in [3.63, 3.8) is 0 Å². The smallest absolute Gasteiger partial charge is 0.296 e. The lowest BCUT2D eigenvalue weighted by molar-refractivity contribution is 0.0996. The second-order valence-corrected chi connectivity index (χ2v) is 8.29. The number of halogens is 1. The predicted molar refractivity (Wildman–Crippen MR) is 119 cm³/mol. The van der Waals surface area contributed by atoms with E-state index in [1.54, 1.807) is 43.3 Å². The number of furan rings is 1. The first-order valence-corrected chi connectivity index (χ1v) is 10.7. The van der Waals surface area contributed by atoms with Crippen LogP contribution in [0.5, 0.6) is 0 Å². The van der Waals surface area contributed by atoms with Gasteiger partial charge in [0.15, 0.2) is 10.9 Å². The Balaban J connectivity index is 1.64. The van der Waals surface area contributed by atoms with Crippen LogP contribution in [-0.2, 0) is 10.1 Å². The highest BCUT2D eigenvalue weighted by Crippen LogP contribution is 2.30. The third kappa shape index (κ3) is 5.16. The quantitative estimate of drug-likeness (QED) is 0.320. The van der Waals surface area contributed by atoms with E-state index < -0.39 is 10.1 Å². The number of benzene rings is 2. The number of amides is 1. The fourth-order valence-electron chi connectivity index (χ4n) is 2.52. The van der Waals surface area contributed by atoms with Crippen molar-refractivity contribution in [1.82, 2.24) is 0 Å². The van der Waals surface area contributed by atoms with Crippen LogP contribution in [0.1, 0.15) is 16.1 Å². The van der Waals surface area contributed by atoms with Crippen LogP contribution in [0.15, 0.2) is 64.1 Å². The molecule has 0 radical (unpaired) electrons. The predicted octanol–water partition coefficient (Wildman–Crippen LogP) is 4.55. The molecule has 156 valence electrons. The maximum absolute atomic E-state index is 12.0. The van der Waals surface area contributed by atoms with Gasteiger partial charge in [0.2, 0.25) is 0 Å². The summed E-state index contributed by atoms with van der Waals surface area (Å²) in [6.07, 6.45) is 1.42. The number of anilines is 3. The summed E-state index contributed by atoms with van der Waals surface area (Å²) in [6, 6.07) is 12.6. The van der Waals surface area contributed by atoms with Crippen LogP contribution in [0.3, 0.4) is 0 Å². The summed E-state index contributed by atoms with van der Waals surface area (Å²) in [5.74, 6) is -0.157. The first-order chi connectivity index (χ1) is 14.1. The fourth-order valence-corrected chi connectivity index (χ4v) is 3.82. The van der Waals surface area contributed by atoms with Gasteiger partial charge in [-0.25, -0.2) is 0 Å². The van der Waals surface area contributed by atoms with E-state index in [1.807, 2.05) is 0 Å². The molecule has 3 aromatic rings. The summed E-state index contributed by atoms with van der Waals surface area (Å²) in [4.78, 5) is 11.6. The van der Waals surface area contributed by atoms with E-state index in [4.69, 9.17) is 28.2 Å². The van der Waals surface area contributed by atoms with Crippen LogP contribution in [0.4, 0.5) is 17.1 Å². The van der Waals surface area contributed by atoms with Crippen molar-refractivity contribution in [3.05, 3.63) is 71.1 Å². The second kappa shape index (κ2) is 8.84. The molecule has 0 atom stereocenters. The molecule has 11 heteroatoms. The van der Waals surface area contributed by atoms with Gasteiger partial charge in [0.25, 0.3) is 16.0 Å². The first kappa shape index (κ1) is 21.8. The lowest BCUT2D eigenvalue weighted by atomic mass is 10.2. The lowest BCUT2D eigenvalue weighted by Crippen LogP contribution is -2.20. The number of thiocarbonyl (C=S) groups is 1. The zero-order chi connectivity index (χ0) is 21.9. The van der Waals surface area contributed by atoms with Gasteiger partial charge in [-0.3, -0.25) is 9.35 Å². The van der Waals surface area contributed by atoms with E-state index in [0.717, 1.165) is 0 Å². The van der Waals surface area contributed by atoms with Gasteiger partial charge >= 0.3 is 0 Å². The van der Waals surface area contributed by atoms with E-state index in [-0.39, 0.29) is 26.7 Å². The molecule has 1 amide bonds. The third-order valence-corrected chi connectivity index (χ3v) is 5.72. The Kier molecular flexibility index (Phi) is 6.42. The third-order valence-electron chi connectivity index (χ3n) is 4.02. The molecule has 0 aliphatic heterocycles. The van der Waals surface area contributed by atoms with Crippen LogP contribution in [0, 0.1) is 6.92 Å². The van der Waals surface area contributed by atoms with Crippen molar-refractivity contribution in [1.29, 1.82) is 0 Å². The maximum atomic E-state index is 12.0. The summed E-state index contributed by atoms with van der Waals surface area (Å²) in [6.45, 7) is 1.60. The molecular formula is C19H16ClN3O5S2. The molecule has 0 saturated carbocycles. The fraction of sp³-hybridized carbons (Fsp3) is 0.0526. The molecule has 0 saturated heterocycles. The molecule has 30 heavy (non-hydrogen) atoms. The lowest BCUT2D eigenvalue weighted by Gasteiger charge is -2.15. The zero-order valence-corrected chi connectivity index (χ0v) is 17.9. The summed E-state index contributed by atoms with van der Waals surface area (Å²) < 4.78 is 36.9. The normalized spacial score (nSPS) is 11.0. The molecular weight excluding hydrogens is 450 g/mol. The highest BCUT2D eigenvalue weighted by molar-refractivity contribution is 7.86. The van der Waals surface area contributed by atoms with E-state index in [2.05, 4.69) is 16.0 Å². The highest BCUT2D eigenvalue weighted by Gasteiger charge is 2.18. The summed E-state index contributed by atoms with van der Waals surface area (Å²) in [7, 11) is -4.42. The Morgan fingerprint density at radius 1 is 1.03 bits per heavy atom. The number of rotatable bonds is 5. The van der Waals surface area contributed by atoms with Crippen molar-refractivity contribution in [3.8, 4) is 0 Å². The molecule has 0 aliphatic carbocycles. The van der Waals surface area contributed by atoms with Crippen LogP contribution in [0.25, 0.3) is 0 Å². The van der Waals surface area contributed by atoms with Gasteiger partial charge in [-0.2, -0.15) is 8.42 Å². The number of hydrogen-bond acceptors (Lipinski definition) is 5. The van der Waals surface area contributed by atoms with Gasteiger partial charge < -0.3 is 20.4 Å².